The van der Waals surface area contributed by atoms with Gasteiger partial charge in [-0.05, 0) is 48.4 Å². The lowest BCUT2D eigenvalue weighted by molar-refractivity contribution is -0.133. The van der Waals surface area contributed by atoms with Crippen molar-refractivity contribution in [1.82, 2.24) is 4.90 Å². The van der Waals surface area contributed by atoms with Gasteiger partial charge in [0.05, 0.1) is 5.56 Å². The maximum Gasteiger partial charge on any atom is 0.226 e. The molecular formula is C21H22F2N2O. The molecule has 1 aliphatic heterocycles. The third kappa shape index (κ3) is 2.90. The lowest BCUT2D eigenvalue weighted by Gasteiger charge is -2.23. The monoisotopic (exact) mass is 356 g/mol. The predicted octanol–water partition coefficient (Wildman–Crippen LogP) is 3.69. The van der Waals surface area contributed by atoms with Crippen LogP contribution in [0.3, 0.4) is 0 Å². The van der Waals surface area contributed by atoms with Crippen LogP contribution in [0.25, 0.3) is 11.1 Å². The van der Waals surface area contributed by atoms with E-state index in [0.29, 0.717) is 12.1 Å². The second kappa shape index (κ2) is 6.80. The van der Waals surface area contributed by atoms with Gasteiger partial charge in [-0.1, -0.05) is 30.3 Å². The van der Waals surface area contributed by atoms with Gasteiger partial charge in [-0.3, -0.25) is 4.79 Å². The molecule has 3 atom stereocenters. The molecule has 2 aromatic rings. The zero-order valence-corrected chi connectivity index (χ0v) is 14.5. The Bertz CT molecular complexity index is 818. The fourth-order valence-corrected chi connectivity index (χ4v) is 4.20. The second-order valence-electron chi connectivity index (χ2n) is 7.20. The van der Waals surface area contributed by atoms with Crippen molar-refractivity contribution in [3.05, 3.63) is 59.7 Å². The van der Waals surface area contributed by atoms with E-state index in [1.165, 1.54) is 18.2 Å². The van der Waals surface area contributed by atoms with Crippen LogP contribution in [0.1, 0.15) is 30.7 Å². The largest absolute Gasteiger partial charge is 0.338 e. The molecule has 136 valence electrons. The molecule has 0 bridgehead atoms. The van der Waals surface area contributed by atoms with Gasteiger partial charge < -0.3 is 10.6 Å². The van der Waals surface area contributed by atoms with Crippen molar-refractivity contribution in [3.8, 4) is 11.1 Å². The number of rotatable bonds is 4. The van der Waals surface area contributed by atoms with Crippen LogP contribution in [0.5, 0.6) is 0 Å². The number of carbonyl (C=O) groups is 1. The molecule has 5 heteroatoms. The van der Waals surface area contributed by atoms with E-state index in [2.05, 4.69) is 0 Å². The summed E-state index contributed by atoms with van der Waals surface area (Å²) < 4.78 is 28.5. The van der Waals surface area contributed by atoms with Gasteiger partial charge in [0, 0.05) is 25.0 Å². The van der Waals surface area contributed by atoms with E-state index in [9.17, 15) is 13.6 Å². The summed E-state index contributed by atoms with van der Waals surface area (Å²) in [6.45, 7) is 1.24. The molecule has 0 spiro atoms. The first-order chi connectivity index (χ1) is 12.6. The number of amides is 1. The highest BCUT2D eigenvalue weighted by atomic mass is 19.1. The number of halogens is 2. The number of carbonyl (C=O) groups excluding carboxylic acids is 1. The smallest absolute Gasteiger partial charge is 0.226 e. The molecule has 4 rings (SSSR count). The number of nitrogens with zero attached hydrogens (tertiary/aromatic N) is 1. The molecular weight excluding hydrogens is 334 g/mol. The Morgan fingerprint density at radius 2 is 1.85 bits per heavy atom. The van der Waals surface area contributed by atoms with Crippen molar-refractivity contribution in [2.45, 2.75) is 31.2 Å². The highest BCUT2D eigenvalue weighted by molar-refractivity contribution is 5.85. The molecule has 1 amide bonds. The van der Waals surface area contributed by atoms with Crippen LogP contribution in [0, 0.1) is 17.6 Å². The molecule has 3 unspecified atom stereocenters. The molecule has 2 aliphatic rings. The highest BCUT2D eigenvalue weighted by Gasteiger charge is 2.48. The quantitative estimate of drug-likeness (QED) is 0.908. The summed E-state index contributed by atoms with van der Waals surface area (Å²) in [5.74, 6) is -1.13. The van der Waals surface area contributed by atoms with E-state index in [1.54, 1.807) is 12.1 Å². The zero-order chi connectivity index (χ0) is 18.3. The van der Waals surface area contributed by atoms with Crippen LogP contribution in [-0.4, -0.2) is 29.9 Å². The summed E-state index contributed by atoms with van der Waals surface area (Å²) in [5, 5.41) is 0. The number of likely N-dealkylation sites (tertiary alicyclic amines) is 1. The molecule has 1 saturated heterocycles. The van der Waals surface area contributed by atoms with E-state index in [4.69, 9.17) is 5.73 Å². The van der Waals surface area contributed by atoms with Gasteiger partial charge >= 0.3 is 0 Å². The van der Waals surface area contributed by atoms with E-state index < -0.39 is 11.6 Å². The maximum atomic E-state index is 14.3. The standard InChI is InChI=1S/C21H22F2N2O/c22-18-8-3-9-19(23)20(18)15-7-2-1-6-14(15)16-11-17(16)21(26)25-10-4-5-13(25)12-24/h1-3,6-9,13,16-17H,4-5,10-12,24H2. The molecule has 26 heavy (non-hydrogen) atoms. The SMILES string of the molecule is NCC1CCCN1C(=O)C1CC1c1ccccc1-c1c(F)cccc1F. The van der Waals surface area contributed by atoms with Gasteiger partial charge in [0.25, 0.3) is 0 Å². The average molecular weight is 356 g/mol. The summed E-state index contributed by atoms with van der Waals surface area (Å²) >= 11 is 0. The first kappa shape index (κ1) is 17.2. The first-order valence-electron chi connectivity index (χ1n) is 9.15. The van der Waals surface area contributed by atoms with E-state index in [1.807, 2.05) is 17.0 Å². The zero-order valence-electron chi connectivity index (χ0n) is 14.5. The third-order valence-electron chi connectivity index (χ3n) is 5.63. The fourth-order valence-electron chi connectivity index (χ4n) is 4.20. The van der Waals surface area contributed by atoms with Gasteiger partial charge in [0.15, 0.2) is 0 Å². The van der Waals surface area contributed by atoms with E-state index >= 15 is 0 Å². The Balaban J connectivity index is 1.62. The highest BCUT2D eigenvalue weighted by Crippen LogP contribution is 2.52. The molecule has 1 aliphatic carbocycles. The van der Waals surface area contributed by atoms with Gasteiger partial charge in [0.2, 0.25) is 5.91 Å². The molecule has 0 aromatic heterocycles. The molecule has 0 radical (unpaired) electrons. The van der Waals surface area contributed by atoms with Crippen molar-refractivity contribution in [2.24, 2.45) is 11.7 Å². The fraction of sp³-hybridized carbons (Fsp3) is 0.381. The predicted molar refractivity (Wildman–Crippen MR) is 96.4 cm³/mol. The molecule has 2 fully saturated rings. The topological polar surface area (TPSA) is 46.3 Å². The van der Waals surface area contributed by atoms with Crippen LogP contribution in [0.2, 0.25) is 0 Å². The summed E-state index contributed by atoms with van der Waals surface area (Å²) in [7, 11) is 0. The van der Waals surface area contributed by atoms with Gasteiger partial charge in [0.1, 0.15) is 11.6 Å². The van der Waals surface area contributed by atoms with Gasteiger partial charge in [-0.15, -0.1) is 0 Å². The Hall–Kier alpha value is -2.27. The van der Waals surface area contributed by atoms with Crippen LogP contribution in [0.4, 0.5) is 8.78 Å². The lowest BCUT2D eigenvalue weighted by atomic mass is 9.95. The number of nitrogens with two attached hydrogens (primary N) is 1. The number of benzene rings is 2. The van der Waals surface area contributed by atoms with E-state index in [0.717, 1.165) is 31.4 Å². The van der Waals surface area contributed by atoms with Crippen LogP contribution < -0.4 is 5.73 Å². The molecule has 2 N–H and O–H groups in total. The van der Waals surface area contributed by atoms with Crippen molar-refractivity contribution in [3.63, 3.8) is 0 Å². The molecule has 1 saturated carbocycles. The molecule has 1 heterocycles. The summed E-state index contributed by atoms with van der Waals surface area (Å²) in [5.41, 5.74) is 7.16. The van der Waals surface area contributed by atoms with Gasteiger partial charge in [-0.2, -0.15) is 0 Å². The normalized spacial score (nSPS) is 24.7. The molecule has 2 aromatic carbocycles. The summed E-state index contributed by atoms with van der Waals surface area (Å²) in [6, 6.07) is 11.3. The Morgan fingerprint density at radius 3 is 2.58 bits per heavy atom. The molecule has 3 nitrogen and oxygen atoms in total. The van der Waals surface area contributed by atoms with E-state index in [-0.39, 0.29) is 29.3 Å². The van der Waals surface area contributed by atoms with Crippen molar-refractivity contribution in [2.75, 3.05) is 13.1 Å². The van der Waals surface area contributed by atoms with Crippen molar-refractivity contribution < 1.29 is 13.6 Å². The van der Waals surface area contributed by atoms with Crippen LogP contribution in [-0.2, 0) is 4.79 Å². The Morgan fingerprint density at radius 1 is 1.12 bits per heavy atom. The number of hydrogen-bond acceptors (Lipinski definition) is 2. The minimum atomic E-state index is -0.580. The lowest BCUT2D eigenvalue weighted by Crippen LogP contribution is -2.40. The average Bonchev–Trinajstić information content (AvgIpc) is 3.29. The number of hydrogen-bond donors (Lipinski definition) is 1. The Labute approximate surface area is 151 Å². The third-order valence-corrected chi connectivity index (χ3v) is 5.63. The maximum absolute atomic E-state index is 14.3. The minimum absolute atomic E-state index is 0.0109. The van der Waals surface area contributed by atoms with Crippen molar-refractivity contribution >= 4 is 5.91 Å². The van der Waals surface area contributed by atoms with Crippen LogP contribution in [0.15, 0.2) is 42.5 Å². The summed E-state index contributed by atoms with van der Waals surface area (Å²) in [4.78, 5) is 14.8. The second-order valence-corrected chi connectivity index (χ2v) is 7.20. The first-order valence-corrected chi connectivity index (χ1v) is 9.15. The van der Waals surface area contributed by atoms with Crippen molar-refractivity contribution in [1.29, 1.82) is 0 Å². The Kier molecular flexibility index (Phi) is 4.49. The summed E-state index contributed by atoms with van der Waals surface area (Å²) in [6.07, 6.45) is 2.67. The van der Waals surface area contributed by atoms with Crippen LogP contribution >= 0.6 is 0 Å². The minimum Gasteiger partial charge on any atom is -0.338 e. The van der Waals surface area contributed by atoms with Gasteiger partial charge in [-0.25, -0.2) is 8.78 Å².